The molecule has 0 atom stereocenters. The Kier molecular flexibility index (Phi) is 3.09. The van der Waals surface area contributed by atoms with E-state index in [2.05, 4.69) is 12.5 Å². The molecule has 0 rings (SSSR count). The van der Waals surface area contributed by atoms with Crippen molar-refractivity contribution in [3.05, 3.63) is 12.2 Å². The van der Waals surface area contributed by atoms with Gasteiger partial charge in [-0.15, -0.1) is 6.42 Å². The van der Waals surface area contributed by atoms with Crippen molar-refractivity contribution in [2.24, 2.45) is 0 Å². The van der Waals surface area contributed by atoms with E-state index in [0.717, 1.165) is 0 Å². The molecule has 0 aromatic rings. The first-order valence-electron chi connectivity index (χ1n) is 2.06. The van der Waals surface area contributed by atoms with Crippen LogP contribution in [0.2, 0.25) is 0 Å². The van der Waals surface area contributed by atoms with Crippen molar-refractivity contribution in [2.75, 3.05) is 6.61 Å². The van der Waals surface area contributed by atoms with Crippen molar-refractivity contribution >= 4 is 0 Å². The topological polar surface area (TPSA) is 20.2 Å². The minimum atomic E-state index is 0.100. The molecule has 0 aliphatic carbocycles. The van der Waals surface area contributed by atoms with Crippen LogP contribution in [0.3, 0.4) is 0 Å². The van der Waals surface area contributed by atoms with Crippen LogP contribution in [0.15, 0.2) is 12.2 Å². The van der Waals surface area contributed by atoms with Crippen LogP contribution in [0.1, 0.15) is 6.42 Å². The Morgan fingerprint density at radius 2 is 2.43 bits per heavy atom. The van der Waals surface area contributed by atoms with Crippen LogP contribution < -0.4 is 0 Å². The summed E-state index contributed by atoms with van der Waals surface area (Å²) in [5.41, 5.74) is 0.655. The average Bonchev–Trinajstić information content (AvgIpc) is 1.68. The molecular formula is C6H8O. The summed E-state index contributed by atoms with van der Waals surface area (Å²) in [6.45, 7) is 3.57. The van der Waals surface area contributed by atoms with Gasteiger partial charge in [0, 0.05) is 13.0 Å². The number of hydrogen-bond donors (Lipinski definition) is 1. The van der Waals surface area contributed by atoms with Crippen LogP contribution in [-0.4, -0.2) is 11.7 Å². The molecule has 0 aliphatic rings. The lowest BCUT2D eigenvalue weighted by molar-refractivity contribution is 0.301. The zero-order valence-electron chi connectivity index (χ0n) is 4.15. The van der Waals surface area contributed by atoms with Crippen LogP contribution in [0.25, 0.3) is 0 Å². The van der Waals surface area contributed by atoms with E-state index in [-0.39, 0.29) is 6.61 Å². The summed E-state index contributed by atoms with van der Waals surface area (Å²) in [5, 5.41) is 8.21. The fourth-order valence-corrected chi connectivity index (χ4v) is 0.207. The second-order valence-corrected chi connectivity index (χ2v) is 1.22. The predicted molar refractivity (Wildman–Crippen MR) is 29.7 cm³/mol. The Morgan fingerprint density at radius 3 is 2.57 bits per heavy atom. The molecule has 0 heterocycles. The lowest BCUT2D eigenvalue weighted by Crippen LogP contribution is -1.81. The van der Waals surface area contributed by atoms with Crippen molar-refractivity contribution in [1.29, 1.82) is 0 Å². The fraction of sp³-hybridized carbons (Fsp3) is 0.333. The quantitative estimate of drug-likeness (QED) is 0.498. The van der Waals surface area contributed by atoms with Crippen molar-refractivity contribution in [3.63, 3.8) is 0 Å². The highest BCUT2D eigenvalue weighted by Crippen LogP contribution is 1.90. The average molecular weight is 96.1 g/mol. The van der Waals surface area contributed by atoms with Crippen molar-refractivity contribution in [1.82, 2.24) is 0 Å². The first-order valence-corrected chi connectivity index (χ1v) is 2.06. The maximum atomic E-state index is 8.21. The smallest absolute Gasteiger partial charge is 0.0477 e. The summed E-state index contributed by atoms with van der Waals surface area (Å²) < 4.78 is 0. The zero-order valence-corrected chi connectivity index (χ0v) is 4.15. The van der Waals surface area contributed by atoms with E-state index in [9.17, 15) is 0 Å². The highest BCUT2D eigenvalue weighted by atomic mass is 16.2. The largest absolute Gasteiger partial charge is 0.396 e. The molecule has 0 bridgehead atoms. The van der Waals surface area contributed by atoms with Gasteiger partial charge in [-0.1, -0.05) is 12.5 Å². The number of terminal acetylenes is 1. The second-order valence-electron chi connectivity index (χ2n) is 1.22. The van der Waals surface area contributed by atoms with Gasteiger partial charge in [-0.3, -0.25) is 0 Å². The molecule has 1 nitrogen and oxygen atoms in total. The standard InChI is InChI=1S/C6H8O/c1-3-6(2)4-5-7/h1,7H,2,4-5H2. The molecule has 0 spiro atoms. The summed E-state index contributed by atoms with van der Waals surface area (Å²) in [6, 6.07) is 0. The van der Waals surface area contributed by atoms with Gasteiger partial charge < -0.3 is 5.11 Å². The van der Waals surface area contributed by atoms with Crippen LogP contribution >= 0.6 is 0 Å². The van der Waals surface area contributed by atoms with Gasteiger partial charge in [-0.25, -0.2) is 0 Å². The molecule has 0 amide bonds. The van der Waals surface area contributed by atoms with E-state index in [1.807, 2.05) is 0 Å². The molecule has 0 saturated heterocycles. The fourth-order valence-electron chi connectivity index (χ4n) is 0.207. The lowest BCUT2D eigenvalue weighted by atomic mass is 10.2. The van der Waals surface area contributed by atoms with Gasteiger partial charge in [-0.2, -0.15) is 0 Å². The van der Waals surface area contributed by atoms with Crippen LogP contribution in [0.5, 0.6) is 0 Å². The first kappa shape index (κ1) is 6.26. The van der Waals surface area contributed by atoms with E-state index in [1.54, 1.807) is 0 Å². The molecule has 0 aliphatic heterocycles. The molecule has 38 valence electrons. The molecule has 7 heavy (non-hydrogen) atoms. The van der Waals surface area contributed by atoms with Crippen LogP contribution in [0, 0.1) is 12.3 Å². The van der Waals surface area contributed by atoms with Crippen LogP contribution in [-0.2, 0) is 0 Å². The molecule has 0 saturated carbocycles. The molecule has 0 fully saturated rings. The molecular weight excluding hydrogens is 88.1 g/mol. The summed E-state index contributed by atoms with van der Waals surface area (Å²) >= 11 is 0. The van der Waals surface area contributed by atoms with E-state index < -0.39 is 0 Å². The highest BCUT2D eigenvalue weighted by molar-refractivity contribution is 5.20. The molecule has 0 unspecified atom stereocenters. The van der Waals surface area contributed by atoms with E-state index in [4.69, 9.17) is 11.5 Å². The van der Waals surface area contributed by atoms with Gasteiger partial charge in [0.25, 0.3) is 0 Å². The molecule has 0 aromatic heterocycles. The third-order valence-electron chi connectivity index (χ3n) is 0.618. The number of aliphatic hydroxyl groups excluding tert-OH is 1. The van der Waals surface area contributed by atoms with Gasteiger partial charge in [0.05, 0.1) is 0 Å². The highest BCUT2D eigenvalue weighted by Gasteiger charge is 1.81. The van der Waals surface area contributed by atoms with Gasteiger partial charge >= 0.3 is 0 Å². The second kappa shape index (κ2) is 3.45. The SMILES string of the molecule is C#CC(=C)CCO. The summed E-state index contributed by atoms with van der Waals surface area (Å²) in [5.74, 6) is 2.31. The normalized spacial score (nSPS) is 7.43. The monoisotopic (exact) mass is 96.1 g/mol. The van der Waals surface area contributed by atoms with Crippen LogP contribution in [0.4, 0.5) is 0 Å². The summed E-state index contributed by atoms with van der Waals surface area (Å²) in [7, 11) is 0. The van der Waals surface area contributed by atoms with Gasteiger partial charge in [0.15, 0.2) is 0 Å². The van der Waals surface area contributed by atoms with Gasteiger partial charge in [0.1, 0.15) is 0 Å². The van der Waals surface area contributed by atoms with Gasteiger partial charge in [0.2, 0.25) is 0 Å². The van der Waals surface area contributed by atoms with E-state index in [0.29, 0.717) is 12.0 Å². The minimum absolute atomic E-state index is 0.100. The lowest BCUT2D eigenvalue weighted by Gasteiger charge is -1.86. The third-order valence-corrected chi connectivity index (χ3v) is 0.618. The Labute approximate surface area is 43.7 Å². The number of hydrogen-bond acceptors (Lipinski definition) is 1. The van der Waals surface area contributed by atoms with Gasteiger partial charge in [-0.05, 0) is 5.57 Å². The van der Waals surface area contributed by atoms with E-state index in [1.165, 1.54) is 0 Å². The van der Waals surface area contributed by atoms with Crippen molar-refractivity contribution in [3.8, 4) is 12.3 Å². The summed E-state index contributed by atoms with van der Waals surface area (Å²) in [4.78, 5) is 0. The molecule has 1 heteroatoms. The molecule has 1 N–H and O–H groups in total. The Bertz CT molecular complexity index is 97.2. The minimum Gasteiger partial charge on any atom is -0.396 e. The molecule has 0 radical (unpaired) electrons. The molecule has 0 aromatic carbocycles. The Hall–Kier alpha value is -0.740. The zero-order chi connectivity index (χ0) is 5.70. The maximum absolute atomic E-state index is 8.21. The summed E-state index contributed by atoms with van der Waals surface area (Å²) in [6.07, 6.45) is 5.42. The number of rotatable bonds is 2. The van der Waals surface area contributed by atoms with Crippen molar-refractivity contribution in [2.45, 2.75) is 6.42 Å². The predicted octanol–water partition coefficient (Wildman–Crippen LogP) is 0.558. The Morgan fingerprint density at radius 1 is 1.86 bits per heavy atom. The maximum Gasteiger partial charge on any atom is 0.0477 e. The van der Waals surface area contributed by atoms with Crippen molar-refractivity contribution < 1.29 is 5.11 Å². The first-order chi connectivity index (χ1) is 3.31. The Balaban J connectivity index is 3.24. The number of aliphatic hydroxyl groups is 1. The van der Waals surface area contributed by atoms with E-state index >= 15 is 0 Å². The third kappa shape index (κ3) is 3.08.